The largest absolute Gasteiger partial charge is 0.467 e. The molecule has 3 aliphatic rings. The third-order valence-corrected chi connectivity index (χ3v) is 5.01. The molecule has 0 aromatic rings. The lowest BCUT2D eigenvalue weighted by Crippen LogP contribution is -2.53. The Morgan fingerprint density at radius 2 is 2.24 bits per heavy atom. The normalized spacial score (nSPS) is 36.7. The second-order valence-corrected chi connectivity index (χ2v) is 6.77. The number of fused-ring (bicyclic) bond motifs is 2. The molecule has 1 saturated carbocycles. The zero-order chi connectivity index (χ0) is 18.0. The summed E-state index contributed by atoms with van der Waals surface area (Å²) in [6, 6.07) is -1.36. The van der Waals surface area contributed by atoms with Gasteiger partial charge in [0, 0.05) is 25.1 Å². The second kappa shape index (κ2) is 6.95. The first kappa shape index (κ1) is 17.6. The number of aliphatic imine (C=N–C) groups is 1. The number of urea groups is 1. The second-order valence-electron chi connectivity index (χ2n) is 6.77. The minimum Gasteiger partial charge on any atom is -0.467 e. The molecule has 8 heteroatoms. The molecule has 2 N–H and O–H groups in total. The van der Waals surface area contributed by atoms with Crippen LogP contribution >= 0.6 is 0 Å². The highest BCUT2D eigenvalue weighted by Gasteiger charge is 2.62. The summed E-state index contributed by atoms with van der Waals surface area (Å²) in [4.78, 5) is 42.3. The van der Waals surface area contributed by atoms with E-state index in [0.29, 0.717) is 12.8 Å². The van der Waals surface area contributed by atoms with E-state index >= 15 is 0 Å². The maximum absolute atomic E-state index is 12.7. The van der Waals surface area contributed by atoms with E-state index in [1.54, 1.807) is 6.21 Å². The van der Waals surface area contributed by atoms with Crippen LogP contribution in [0, 0.1) is 5.92 Å². The number of methoxy groups -OCH3 is 1. The van der Waals surface area contributed by atoms with Crippen molar-refractivity contribution < 1.29 is 24.2 Å². The summed E-state index contributed by atoms with van der Waals surface area (Å²) in [5, 5.41) is 12.6. The maximum atomic E-state index is 12.7. The molecule has 3 amide bonds. The van der Waals surface area contributed by atoms with Crippen molar-refractivity contribution in [3.8, 4) is 0 Å². The van der Waals surface area contributed by atoms with Crippen molar-refractivity contribution in [2.24, 2.45) is 10.9 Å². The third-order valence-electron chi connectivity index (χ3n) is 5.01. The lowest BCUT2D eigenvalue weighted by molar-refractivity contribution is -0.144. The van der Waals surface area contributed by atoms with Crippen molar-refractivity contribution in [3.05, 3.63) is 12.2 Å². The van der Waals surface area contributed by atoms with Gasteiger partial charge in [-0.3, -0.25) is 4.79 Å². The summed E-state index contributed by atoms with van der Waals surface area (Å²) >= 11 is 0. The number of hydrogen-bond acceptors (Lipinski definition) is 5. The number of nitrogens with zero attached hydrogens (tertiary/aromatic N) is 2. The average Bonchev–Trinajstić information content (AvgIpc) is 3.13. The van der Waals surface area contributed by atoms with Crippen LogP contribution in [0.4, 0.5) is 4.79 Å². The Morgan fingerprint density at radius 1 is 1.44 bits per heavy atom. The van der Waals surface area contributed by atoms with Gasteiger partial charge in [0.05, 0.1) is 13.2 Å². The van der Waals surface area contributed by atoms with Gasteiger partial charge in [-0.05, 0) is 25.7 Å². The number of amides is 3. The highest BCUT2D eigenvalue weighted by molar-refractivity contribution is 5.95. The Morgan fingerprint density at radius 3 is 3.00 bits per heavy atom. The molecule has 0 radical (unpaired) electrons. The van der Waals surface area contributed by atoms with E-state index in [0.717, 1.165) is 12.8 Å². The monoisotopic (exact) mass is 349 g/mol. The van der Waals surface area contributed by atoms with Gasteiger partial charge in [-0.25, -0.2) is 14.6 Å². The lowest BCUT2D eigenvalue weighted by Gasteiger charge is -2.25. The molecule has 0 spiro atoms. The van der Waals surface area contributed by atoms with Gasteiger partial charge in [-0.2, -0.15) is 0 Å². The standard InChI is InChI=1S/C17H23N3O5/c1-25-15(23)17-9-11(17)6-4-2-3-5-7-18-14(22)13-8-12(21)10-20(13)16(24)19-17/h4,6-7,11-13,21H,2-3,5,8-10H2,1H3,(H,19,24)/b6-4-,18-7?/t11-,12+,13-,17+/m0/s1. The first-order chi connectivity index (χ1) is 12.0. The van der Waals surface area contributed by atoms with E-state index in [-0.39, 0.29) is 18.9 Å². The molecular weight excluding hydrogens is 326 g/mol. The fourth-order valence-corrected chi connectivity index (χ4v) is 3.49. The van der Waals surface area contributed by atoms with Crippen molar-refractivity contribution in [3.63, 3.8) is 0 Å². The first-order valence-corrected chi connectivity index (χ1v) is 8.56. The number of esters is 1. The number of carbonyl (C=O) groups is 3. The summed E-state index contributed by atoms with van der Waals surface area (Å²) in [5.41, 5.74) is -1.09. The Labute approximate surface area is 145 Å². The predicted octanol–water partition coefficient (Wildman–Crippen LogP) is 0.400. The van der Waals surface area contributed by atoms with Crippen LogP contribution < -0.4 is 5.32 Å². The highest BCUT2D eigenvalue weighted by atomic mass is 16.5. The molecule has 0 bridgehead atoms. The van der Waals surface area contributed by atoms with Crippen LogP contribution in [0.1, 0.15) is 32.1 Å². The van der Waals surface area contributed by atoms with Crippen molar-refractivity contribution >= 4 is 24.1 Å². The molecule has 1 saturated heterocycles. The van der Waals surface area contributed by atoms with Crippen molar-refractivity contribution in [2.75, 3.05) is 13.7 Å². The smallest absolute Gasteiger partial charge is 0.332 e. The van der Waals surface area contributed by atoms with Gasteiger partial charge >= 0.3 is 12.0 Å². The number of aliphatic hydroxyl groups excluding tert-OH is 1. The molecule has 0 aromatic heterocycles. The third kappa shape index (κ3) is 3.44. The molecular formula is C17H23N3O5. The van der Waals surface area contributed by atoms with Crippen LogP contribution in [-0.4, -0.2) is 65.5 Å². The summed E-state index contributed by atoms with van der Waals surface area (Å²) < 4.78 is 4.86. The van der Waals surface area contributed by atoms with Gasteiger partial charge in [0.1, 0.15) is 11.6 Å². The van der Waals surface area contributed by atoms with E-state index in [2.05, 4.69) is 10.3 Å². The topological polar surface area (TPSA) is 108 Å². The molecule has 8 nitrogen and oxygen atoms in total. The Balaban J connectivity index is 1.86. The number of carbonyl (C=O) groups excluding carboxylic acids is 3. The minimum absolute atomic E-state index is 0.0372. The molecule has 1 aliphatic carbocycles. The van der Waals surface area contributed by atoms with E-state index in [4.69, 9.17) is 4.74 Å². The van der Waals surface area contributed by atoms with Gasteiger partial charge in [-0.15, -0.1) is 0 Å². The van der Waals surface area contributed by atoms with Gasteiger partial charge in [0.25, 0.3) is 5.91 Å². The summed E-state index contributed by atoms with van der Waals surface area (Å²) in [6.07, 6.45) is 7.61. The summed E-state index contributed by atoms with van der Waals surface area (Å²) in [5.74, 6) is -1.07. The number of nitrogens with one attached hydrogen (secondary N) is 1. The SMILES string of the molecule is COC(=O)[C@@]12C[C@@H]1/C=C\CCCC=NC(=O)[C@@H]1C[C@@H](O)CN1C(=O)N2. The fraction of sp³-hybridized carbons (Fsp3) is 0.647. The molecule has 25 heavy (non-hydrogen) atoms. The highest BCUT2D eigenvalue weighted by Crippen LogP contribution is 2.46. The van der Waals surface area contributed by atoms with Crippen LogP contribution in [-0.2, 0) is 14.3 Å². The Hall–Kier alpha value is -2.22. The van der Waals surface area contributed by atoms with Crippen LogP contribution in [0.25, 0.3) is 0 Å². The number of aliphatic hydroxyl groups is 1. The van der Waals surface area contributed by atoms with Gasteiger partial charge in [0.15, 0.2) is 0 Å². The summed E-state index contributed by atoms with van der Waals surface area (Å²) in [7, 11) is 1.29. The van der Waals surface area contributed by atoms with Crippen LogP contribution in [0.15, 0.2) is 17.1 Å². The van der Waals surface area contributed by atoms with Crippen LogP contribution in [0.5, 0.6) is 0 Å². The van der Waals surface area contributed by atoms with E-state index in [9.17, 15) is 19.5 Å². The van der Waals surface area contributed by atoms with Gasteiger partial charge in [0.2, 0.25) is 0 Å². The van der Waals surface area contributed by atoms with Crippen molar-refractivity contribution in [1.29, 1.82) is 0 Å². The zero-order valence-electron chi connectivity index (χ0n) is 14.2. The Bertz CT molecular complexity index is 632. The fourth-order valence-electron chi connectivity index (χ4n) is 3.49. The minimum atomic E-state index is -1.09. The van der Waals surface area contributed by atoms with E-state index in [1.807, 2.05) is 12.2 Å². The van der Waals surface area contributed by atoms with E-state index in [1.165, 1.54) is 12.0 Å². The zero-order valence-corrected chi connectivity index (χ0v) is 14.2. The molecule has 4 atom stereocenters. The quantitative estimate of drug-likeness (QED) is 0.526. The van der Waals surface area contributed by atoms with Crippen LogP contribution in [0.2, 0.25) is 0 Å². The Kier molecular flexibility index (Phi) is 4.89. The first-order valence-electron chi connectivity index (χ1n) is 8.56. The average molecular weight is 349 g/mol. The molecule has 2 heterocycles. The number of ether oxygens (including phenoxy) is 1. The molecule has 0 aromatic carbocycles. The molecule has 3 rings (SSSR count). The molecule has 136 valence electrons. The molecule has 0 unspecified atom stereocenters. The number of rotatable bonds is 1. The lowest BCUT2D eigenvalue weighted by atomic mass is 10.1. The predicted molar refractivity (Wildman–Crippen MR) is 89.0 cm³/mol. The molecule has 2 aliphatic heterocycles. The van der Waals surface area contributed by atoms with Gasteiger partial charge in [-0.1, -0.05) is 12.2 Å². The van der Waals surface area contributed by atoms with Gasteiger partial charge < -0.3 is 20.1 Å². The van der Waals surface area contributed by atoms with Crippen molar-refractivity contribution in [1.82, 2.24) is 10.2 Å². The number of allylic oxidation sites excluding steroid dienone is 1. The maximum Gasteiger partial charge on any atom is 0.332 e. The molecule has 2 fully saturated rings. The summed E-state index contributed by atoms with van der Waals surface area (Å²) in [6.45, 7) is 0.0372. The van der Waals surface area contributed by atoms with E-state index < -0.39 is 35.6 Å². The van der Waals surface area contributed by atoms with Crippen LogP contribution in [0.3, 0.4) is 0 Å². The number of hydrogen-bond donors (Lipinski definition) is 2. The van der Waals surface area contributed by atoms with Crippen molar-refractivity contribution in [2.45, 2.75) is 49.8 Å².